The lowest BCUT2D eigenvalue weighted by Gasteiger charge is -2.18. The van der Waals surface area contributed by atoms with E-state index in [1.54, 1.807) is 17.0 Å². The lowest BCUT2D eigenvalue weighted by Crippen LogP contribution is -2.37. The molecule has 0 aromatic heterocycles. The van der Waals surface area contributed by atoms with E-state index in [0.717, 1.165) is 19.5 Å². The van der Waals surface area contributed by atoms with E-state index in [1.165, 1.54) is 0 Å². The second kappa shape index (κ2) is 8.15. The number of nitrogens with zero attached hydrogens (tertiary/aromatic N) is 1. The summed E-state index contributed by atoms with van der Waals surface area (Å²) in [5.74, 6) is -0.437. The number of para-hydroxylation sites is 1. The first-order valence-electron chi connectivity index (χ1n) is 7.66. The Morgan fingerprint density at radius 2 is 2.09 bits per heavy atom. The third-order valence-corrected chi connectivity index (χ3v) is 3.99. The van der Waals surface area contributed by atoms with E-state index in [-0.39, 0.29) is 24.2 Å². The zero-order valence-electron chi connectivity index (χ0n) is 12.8. The number of carbonyl (C=O) groups is 2. The highest BCUT2D eigenvalue weighted by molar-refractivity contribution is 6.33. The van der Waals surface area contributed by atoms with Gasteiger partial charge in [0.25, 0.3) is 0 Å². The van der Waals surface area contributed by atoms with Gasteiger partial charge < -0.3 is 15.5 Å². The molecule has 0 spiro atoms. The standard InChI is InChI=1S/C16H22ClN3O2/c1-2-7-18-8-9-19-16(22)12-10-15(21)20(11-12)14-6-4-3-5-13(14)17/h3-6,12,18H,2,7-11H2,1H3,(H,19,22). The first-order valence-corrected chi connectivity index (χ1v) is 8.04. The molecule has 2 amide bonds. The SMILES string of the molecule is CCCNCCNC(=O)C1CC(=O)N(c2ccccc2Cl)C1. The maximum Gasteiger partial charge on any atom is 0.227 e. The number of carbonyl (C=O) groups excluding carboxylic acids is 2. The molecule has 2 N–H and O–H groups in total. The molecule has 1 aromatic rings. The van der Waals surface area contributed by atoms with Gasteiger partial charge in [0.2, 0.25) is 11.8 Å². The van der Waals surface area contributed by atoms with Gasteiger partial charge in [0.1, 0.15) is 0 Å². The van der Waals surface area contributed by atoms with Gasteiger partial charge in [-0.25, -0.2) is 0 Å². The van der Waals surface area contributed by atoms with Crippen LogP contribution in [0.15, 0.2) is 24.3 Å². The van der Waals surface area contributed by atoms with Crippen molar-refractivity contribution in [1.82, 2.24) is 10.6 Å². The molecule has 1 saturated heterocycles. The van der Waals surface area contributed by atoms with Crippen molar-refractivity contribution >= 4 is 29.1 Å². The normalized spacial score (nSPS) is 17.8. The van der Waals surface area contributed by atoms with E-state index in [9.17, 15) is 9.59 Å². The zero-order valence-corrected chi connectivity index (χ0v) is 13.5. The van der Waals surface area contributed by atoms with Crippen LogP contribution in [0, 0.1) is 5.92 Å². The molecule has 22 heavy (non-hydrogen) atoms. The van der Waals surface area contributed by atoms with Crippen LogP contribution >= 0.6 is 11.6 Å². The summed E-state index contributed by atoms with van der Waals surface area (Å²) in [7, 11) is 0. The van der Waals surface area contributed by atoms with Crippen LogP contribution in [0.5, 0.6) is 0 Å². The number of rotatable bonds is 7. The van der Waals surface area contributed by atoms with Crippen molar-refractivity contribution in [3.05, 3.63) is 29.3 Å². The van der Waals surface area contributed by atoms with Gasteiger partial charge in [0.05, 0.1) is 16.6 Å². The topological polar surface area (TPSA) is 61.4 Å². The van der Waals surface area contributed by atoms with Crippen molar-refractivity contribution in [2.24, 2.45) is 5.92 Å². The van der Waals surface area contributed by atoms with E-state index in [2.05, 4.69) is 17.6 Å². The summed E-state index contributed by atoms with van der Waals surface area (Å²) in [5, 5.41) is 6.63. The lowest BCUT2D eigenvalue weighted by atomic mass is 10.1. The fourth-order valence-corrected chi connectivity index (χ4v) is 2.74. The third-order valence-electron chi connectivity index (χ3n) is 3.67. The molecule has 1 aliphatic heterocycles. The molecule has 1 unspecified atom stereocenters. The summed E-state index contributed by atoms with van der Waals surface area (Å²) in [5.41, 5.74) is 0.675. The summed E-state index contributed by atoms with van der Waals surface area (Å²) in [6, 6.07) is 7.20. The van der Waals surface area contributed by atoms with Crippen molar-refractivity contribution < 1.29 is 9.59 Å². The van der Waals surface area contributed by atoms with Crippen molar-refractivity contribution in [1.29, 1.82) is 0 Å². The number of hydrogen-bond acceptors (Lipinski definition) is 3. The smallest absolute Gasteiger partial charge is 0.227 e. The minimum absolute atomic E-state index is 0.0580. The number of anilines is 1. The highest BCUT2D eigenvalue weighted by atomic mass is 35.5. The number of halogens is 1. The lowest BCUT2D eigenvalue weighted by molar-refractivity contribution is -0.126. The molecule has 0 aliphatic carbocycles. The molecule has 0 saturated carbocycles. The molecular weight excluding hydrogens is 302 g/mol. The van der Waals surface area contributed by atoms with Crippen LogP contribution < -0.4 is 15.5 Å². The minimum atomic E-state index is -0.310. The van der Waals surface area contributed by atoms with Gasteiger partial charge in [0.15, 0.2) is 0 Å². The monoisotopic (exact) mass is 323 g/mol. The van der Waals surface area contributed by atoms with E-state index in [4.69, 9.17) is 11.6 Å². The van der Waals surface area contributed by atoms with Crippen LogP contribution in [-0.2, 0) is 9.59 Å². The van der Waals surface area contributed by atoms with Gasteiger partial charge in [-0.15, -0.1) is 0 Å². The zero-order chi connectivity index (χ0) is 15.9. The Labute approximate surface area is 136 Å². The number of hydrogen-bond donors (Lipinski definition) is 2. The van der Waals surface area contributed by atoms with Crippen LogP contribution in [0.3, 0.4) is 0 Å². The second-order valence-corrected chi connectivity index (χ2v) is 5.81. The van der Waals surface area contributed by atoms with Crippen LogP contribution in [0.25, 0.3) is 0 Å². The Hall–Kier alpha value is -1.59. The molecular formula is C16H22ClN3O2. The fourth-order valence-electron chi connectivity index (χ4n) is 2.51. The van der Waals surface area contributed by atoms with E-state index >= 15 is 0 Å². The third kappa shape index (κ3) is 4.21. The summed E-state index contributed by atoms with van der Waals surface area (Å²) in [6.45, 7) is 4.75. The molecule has 0 radical (unpaired) electrons. The predicted molar refractivity (Wildman–Crippen MR) is 88.1 cm³/mol. The molecule has 1 heterocycles. The summed E-state index contributed by atoms with van der Waals surface area (Å²) >= 11 is 6.13. The minimum Gasteiger partial charge on any atom is -0.355 e. The summed E-state index contributed by atoms with van der Waals surface area (Å²) < 4.78 is 0. The summed E-state index contributed by atoms with van der Waals surface area (Å²) in [6.07, 6.45) is 1.30. The van der Waals surface area contributed by atoms with Gasteiger partial charge in [-0.05, 0) is 25.1 Å². The van der Waals surface area contributed by atoms with Crippen molar-refractivity contribution in [2.75, 3.05) is 31.1 Å². The van der Waals surface area contributed by atoms with Crippen LogP contribution in [0.4, 0.5) is 5.69 Å². The van der Waals surface area contributed by atoms with Crippen molar-refractivity contribution in [2.45, 2.75) is 19.8 Å². The Bertz CT molecular complexity index is 536. The fraction of sp³-hybridized carbons (Fsp3) is 0.500. The molecule has 1 fully saturated rings. The highest BCUT2D eigenvalue weighted by Crippen LogP contribution is 2.30. The van der Waals surface area contributed by atoms with Crippen LogP contribution in [0.2, 0.25) is 5.02 Å². The summed E-state index contributed by atoms with van der Waals surface area (Å²) in [4.78, 5) is 25.9. The van der Waals surface area contributed by atoms with Gasteiger partial charge in [-0.2, -0.15) is 0 Å². The van der Waals surface area contributed by atoms with Gasteiger partial charge in [-0.1, -0.05) is 30.7 Å². The molecule has 1 atom stereocenters. The molecule has 1 aliphatic rings. The molecule has 2 rings (SSSR count). The van der Waals surface area contributed by atoms with Gasteiger partial charge >= 0.3 is 0 Å². The van der Waals surface area contributed by atoms with E-state index in [1.807, 2.05) is 12.1 Å². The largest absolute Gasteiger partial charge is 0.355 e. The first kappa shape index (κ1) is 16.8. The highest BCUT2D eigenvalue weighted by Gasteiger charge is 2.35. The second-order valence-electron chi connectivity index (χ2n) is 5.40. The Morgan fingerprint density at radius 3 is 2.82 bits per heavy atom. The molecule has 1 aromatic carbocycles. The predicted octanol–water partition coefficient (Wildman–Crippen LogP) is 1.81. The Balaban J connectivity index is 1.87. The number of amides is 2. The van der Waals surface area contributed by atoms with Crippen LogP contribution in [0.1, 0.15) is 19.8 Å². The average molecular weight is 324 g/mol. The van der Waals surface area contributed by atoms with Crippen LogP contribution in [-0.4, -0.2) is 38.0 Å². The van der Waals surface area contributed by atoms with Gasteiger partial charge in [0, 0.05) is 26.1 Å². The quantitative estimate of drug-likeness (QED) is 0.752. The number of benzene rings is 1. The maximum absolute atomic E-state index is 12.1. The Morgan fingerprint density at radius 1 is 1.32 bits per heavy atom. The van der Waals surface area contributed by atoms with Gasteiger partial charge in [-0.3, -0.25) is 9.59 Å². The number of nitrogens with one attached hydrogen (secondary N) is 2. The van der Waals surface area contributed by atoms with Crippen molar-refractivity contribution in [3.8, 4) is 0 Å². The Kier molecular flexibility index (Phi) is 6.21. The first-order chi connectivity index (χ1) is 10.6. The average Bonchev–Trinajstić information content (AvgIpc) is 2.89. The molecule has 6 heteroatoms. The van der Waals surface area contributed by atoms with E-state index < -0.39 is 0 Å². The molecule has 0 bridgehead atoms. The molecule has 5 nitrogen and oxygen atoms in total. The molecule has 120 valence electrons. The maximum atomic E-state index is 12.1. The van der Waals surface area contributed by atoms with Crippen molar-refractivity contribution in [3.63, 3.8) is 0 Å². The van der Waals surface area contributed by atoms with E-state index in [0.29, 0.717) is 23.8 Å².